The van der Waals surface area contributed by atoms with Crippen LogP contribution in [0.25, 0.3) is 0 Å². The summed E-state index contributed by atoms with van der Waals surface area (Å²) in [5.74, 6) is -1.39. The van der Waals surface area contributed by atoms with Crippen molar-refractivity contribution in [2.45, 2.75) is 25.7 Å². The van der Waals surface area contributed by atoms with Gasteiger partial charge in [0.1, 0.15) is 0 Å². The number of carboxylic acid groups (broad SMARTS) is 1. The Morgan fingerprint density at radius 2 is 1.95 bits per heavy atom. The lowest BCUT2D eigenvalue weighted by atomic mass is 9.93. The zero-order valence-electron chi connectivity index (χ0n) is 11.8. The van der Waals surface area contributed by atoms with E-state index in [1.54, 1.807) is 30.1 Å². The van der Waals surface area contributed by atoms with Crippen molar-refractivity contribution in [1.82, 2.24) is 0 Å². The van der Waals surface area contributed by atoms with Gasteiger partial charge in [0.05, 0.1) is 12.3 Å². The Kier molecular flexibility index (Phi) is 3.27. The summed E-state index contributed by atoms with van der Waals surface area (Å²) >= 11 is 0. The lowest BCUT2D eigenvalue weighted by molar-refractivity contribution is -0.141. The van der Waals surface area contributed by atoms with E-state index in [0.29, 0.717) is 31.2 Å². The second kappa shape index (κ2) is 4.98. The van der Waals surface area contributed by atoms with E-state index in [1.165, 1.54) is 0 Å². The third-order valence-electron chi connectivity index (χ3n) is 4.59. The van der Waals surface area contributed by atoms with E-state index in [9.17, 15) is 14.4 Å². The second-order valence-corrected chi connectivity index (χ2v) is 5.88. The molecule has 1 amide bonds. The highest BCUT2D eigenvalue weighted by molar-refractivity contribution is 6.04. The minimum Gasteiger partial charge on any atom is -0.481 e. The molecule has 1 aliphatic carbocycles. The van der Waals surface area contributed by atoms with Crippen LogP contribution in [0.2, 0.25) is 0 Å². The smallest absolute Gasteiger partial charge is 0.306 e. The number of rotatable bonds is 3. The van der Waals surface area contributed by atoms with Gasteiger partial charge in [-0.05, 0) is 43.0 Å². The molecule has 2 unspecified atom stereocenters. The van der Waals surface area contributed by atoms with Crippen LogP contribution in [0.3, 0.4) is 0 Å². The quantitative estimate of drug-likeness (QED) is 0.861. The number of carboxylic acids is 1. The van der Waals surface area contributed by atoms with E-state index < -0.39 is 11.9 Å². The molecule has 5 nitrogen and oxygen atoms in total. The van der Waals surface area contributed by atoms with Crippen molar-refractivity contribution in [2.75, 3.05) is 11.9 Å². The molecule has 0 radical (unpaired) electrons. The lowest BCUT2D eigenvalue weighted by Crippen LogP contribution is -2.20. The van der Waals surface area contributed by atoms with Crippen molar-refractivity contribution in [3.63, 3.8) is 0 Å². The van der Waals surface area contributed by atoms with Gasteiger partial charge >= 0.3 is 5.97 Å². The van der Waals surface area contributed by atoms with Gasteiger partial charge < -0.3 is 10.0 Å². The van der Waals surface area contributed by atoms with Crippen molar-refractivity contribution in [3.8, 4) is 0 Å². The van der Waals surface area contributed by atoms with Crippen LogP contribution in [0.4, 0.5) is 5.69 Å². The number of likely N-dealkylation sites (N-methyl/N-ethyl adjacent to an activating group) is 1. The number of anilines is 1. The monoisotopic (exact) mass is 287 g/mol. The summed E-state index contributed by atoms with van der Waals surface area (Å²) in [5, 5.41) is 9.01. The van der Waals surface area contributed by atoms with Crippen LogP contribution < -0.4 is 4.90 Å². The fourth-order valence-electron chi connectivity index (χ4n) is 3.30. The molecular weight excluding hydrogens is 270 g/mol. The van der Waals surface area contributed by atoms with Crippen molar-refractivity contribution in [1.29, 1.82) is 0 Å². The van der Waals surface area contributed by atoms with Gasteiger partial charge in [0.15, 0.2) is 5.78 Å². The summed E-state index contributed by atoms with van der Waals surface area (Å²) in [5.41, 5.74) is 2.32. The van der Waals surface area contributed by atoms with Crippen LogP contribution in [0.1, 0.15) is 35.2 Å². The SMILES string of the molecule is CN1C(=O)Cc2cc(C(=O)C3CCC(C(=O)O)C3)ccc21. The predicted octanol–water partition coefficient (Wildman–Crippen LogP) is 1.89. The van der Waals surface area contributed by atoms with Gasteiger partial charge in [0.25, 0.3) is 0 Å². The number of benzene rings is 1. The lowest BCUT2D eigenvalue weighted by Gasteiger charge is -2.12. The summed E-state index contributed by atoms with van der Waals surface area (Å²) in [4.78, 5) is 36.7. The zero-order valence-corrected chi connectivity index (χ0v) is 11.8. The Balaban J connectivity index is 1.80. The van der Waals surface area contributed by atoms with E-state index in [1.807, 2.05) is 0 Å². The first-order valence-corrected chi connectivity index (χ1v) is 7.14. The van der Waals surface area contributed by atoms with Crippen LogP contribution >= 0.6 is 0 Å². The maximum absolute atomic E-state index is 12.5. The highest BCUT2D eigenvalue weighted by Gasteiger charge is 2.34. The number of hydrogen-bond acceptors (Lipinski definition) is 3. The van der Waals surface area contributed by atoms with Crippen LogP contribution in [0.15, 0.2) is 18.2 Å². The second-order valence-electron chi connectivity index (χ2n) is 5.88. The Hall–Kier alpha value is -2.17. The Labute approximate surface area is 122 Å². The largest absolute Gasteiger partial charge is 0.481 e. The summed E-state index contributed by atoms with van der Waals surface area (Å²) in [6.07, 6.45) is 1.95. The van der Waals surface area contributed by atoms with Gasteiger partial charge in [-0.25, -0.2) is 0 Å². The van der Waals surface area contributed by atoms with Gasteiger partial charge in [-0.15, -0.1) is 0 Å². The molecule has 0 aromatic heterocycles. The van der Waals surface area contributed by atoms with Gasteiger partial charge in [0, 0.05) is 24.2 Å². The van der Waals surface area contributed by atoms with Crippen molar-refractivity contribution in [2.24, 2.45) is 11.8 Å². The molecule has 1 aliphatic heterocycles. The molecule has 2 aliphatic rings. The standard InChI is InChI=1S/C16H17NO4/c1-17-13-5-4-10(7-12(13)8-14(17)18)15(19)9-2-3-11(6-9)16(20)21/h4-5,7,9,11H,2-3,6,8H2,1H3,(H,20,21). The third-order valence-corrected chi connectivity index (χ3v) is 4.59. The zero-order chi connectivity index (χ0) is 15.1. The van der Waals surface area contributed by atoms with Crippen LogP contribution in [-0.2, 0) is 16.0 Å². The molecule has 1 fully saturated rings. The van der Waals surface area contributed by atoms with Gasteiger partial charge in [-0.2, -0.15) is 0 Å². The Bertz CT molecular complexity index is 637. The number of amides is 1. The van der Waals surface area contributed by atoms with Crippen molar-refractivity contribution >= 4 is 23.3 Å². The van der Waals surface area contributed by atoms with E-state index >= 15 is 0 Å². The summed E-state index contributed by atoms with van der Waals surface area (Å²) < 4.78 is 0. The van der Waals surface area contributed by atoms with E-state index in [0.717, 1.165) is 11.3 Å². The molecule has 21 heavy (non-hydrogen) atoms. The number of carbonyl (C=O) groups is 3. The molecule has 0 bridgehead atoms. The number of carbonyl (C=O) groups excluding carboxylic acids is 2. The third kappa shape index (κ3) is 2.33. The fraction of sp³-hybridized carbons (Fsp3) is 0.438. The number of fused-ring (bicyclic) bond motifs is 1. The molecule has 1 aromatic rings. The molecule has 1 saturated carbocycles. The average Bonchev–Trinajstić information content (AvgIpc) is 3.04. The fourth-order valence-corrected chi connectivity index (χ4v) is 3.30. The molecule has 1 aromatic carbocycles. The molecule has 2 atom stereocenters. The summed E-state index contributed by atoms with van der Waals surface area (Å²) in [7, 11) is 1.73. The number of Topliss-reactive ketones (excluding diaryl/α,β-unsaturated/α-hetero) is 1. The maximum Gasteiger partial charge on any atom is 0.306 e. The molecule has 3 rings (SSSR count). The predicted molar refractivity (Wildman–Crippen MR) is 76.4 cm³/mol. The summed E-state index contributed by atoms with van der Waals surface area (Å²) in [6, 6.07) is 5.33. The first kappa shape index (κ1) is 13.8. The Morgan fingerprint density at radius 1 is 1.24 bits per heavy atom. The average molecular weight is 287 g/mol. The Morgan fingerprint density at radius 3 is 2.62 bits per heavy atom. The molecular formula is C16H17NO4. The highest BCUT2D eigenvalue weighted by atomic mass is 16.4. The van der Waals surface area contributed by atoms with Crippen LogP contribution in [-0.4, -0.2) is 29.8 Å². The molecule has 0 spiro atoms. The minimum atomic E-state index is -0.813. The normalized spacial score (nSPS) is 24.2. The molecule has 1 N–H and O–H groups in total. The number of aliphatic carboxylic acids is 1. The van der Waals surface area contributed by atoms with E-state index in [-0.39, 0.29) is 17.6 Å². The van der Waals surface area contributed by atoms with Gasteiger partial charge in [-0.3, -0.25) is 14.4 Å². The van der Waals surface area contributed by atoms with Crippen LogP contribution in [0.5, 0.6) is 0 Å². The van der Waals surface area contributed by atoms with E-state index in [2.05, 4.69) is 0 Å². The first-order chi connectivity index (χ1) is 9.97. The number of ketones is 1. The minimum absolute atomic E-state index is 0.00329. The van der Waals surface area contributed by atoms with Gasteiger partial charge in [0.2, 0.25) is 5.91 Å². The first-order valence-electron chi connectivity index (χ1n) is 7.14. The van der Waals surface area contributed by atoms with Crippen molar-refractivity contribution in [3.05, 3.63) is 29.3 Å². The number of nitrogens with zero attached hydrogens (tertiary/aromatic N) is 1. The highest BCUT2D eigenvalue weighted by Crippen LogP contribution is 2.35. The van der Waals surface area contributed by atoms with E-state index in [4.69, 9.17) is 5.11 Å². The number of hydrogen-bond donors (Lipinski definition) is 1. The van der Waals surface area contributed by atoms with Gasteiger partial charge in [-0.1, -0.05) is 0 Å². The van der Waals surface area contributed by atoms with Crippen molar-refractivity contribution < 1.29 is 19.5 Å². The molecule has 5 heteroatoms. The molecule has 0 saturated heterocycles. The molecule has 110 valence electrons. The van der Waals surface area contributed by atoms with Crippen LogP contribution in [0, 0.1) is 11.8 Å². The summed E-state index contributed by atoms with van der Waals surface area (Å²) in [6.45, 7) is 0. The maximum atomic E-state index is 12.5. The molecule has 1 heterocycles. The topological polar surface area (TPSA) is 74.7 Å².